The Labute approximate surface area is 170 Å². The molecule has 0 unspecified atom stereocenters. The topological polar surface area (TPSA) is 96.0 Å². The quantitative estimate of drug-likeness (QED) is 0.599. The molecule has 2 saturated heterocycles. The van der Waals surface area contributed by atoms with Crippen molar-refractivity contribution >= 4 is 23.8 Å². The van der Waals surface area contributed by atoms with Gasteiger partial charge in [-0.1, -0.05) is 42.7 Å². The van der Waals surface area contributed by atoms with Crippen molar-refractivity contribution in [3.63, 3.8) is 0 Å². The predicted molar refractivity (Wildman–Crippen MR) is 105 cm³/mol. The highest BCUT2D eigenvalue weighted by molar-refractivity contribution is 6.08. The van der Waals surface area contributed by atoms with Crippen LogP contribution in [0.5, 0.6) is 0 Å². The normalized spacial score (nSPS) is 22.3. The van der Waals surface area contributed by atoms with Gasteiger partial charge in [0.05, 0.1) is 0 Å². The lowest BCUT2D eigenvalue weighted by Gasteiger charge is -2.22. The smallest absolute Gasteiger partial charge is 0.326 e. The molecule has 1 aromatic rings. The van der Waals surface area contributed by atoms with E-state index >= 15 is 0 Å². The van der Waals surface area contributed by atoms with Crippen LogP contribution in [0.4, 0.5) is 4.79 Å². The molecule has 0 radical (unpaired) electrons. The molecule has 0 spiro atoms. The summed E-state index contributed by atoms with van der Waals surface area (Å²) in [5, 5.41) is 2.65. The minimum Gasteiger partial charge on any atom is -0.454 e. The molecule has 0 bridgehead atoms. The summed E-state index contributed by atoms with van der Waals surface area (Å²) in [6.07, 6.45) is 4.07. The van der Waals surface area contributed by atoms with Crippen molar-refractivity contribution < 1.29 is 23.9 Å². The van der Waals surface area contributed by atoms with Gasteiger partial charge in [-0.05, 0) is 32.3 Å². The van der Waals surface area contributed by atoms with E-state index in [4.69, 9.17) is 4.74 Å². The number of hydrogen-bond acceptors (Lipinski definition) is 5. The van der Waals surface area contributed by atoms with E-state index in [0.717, 1.165) is 36.1 Å². The van der Waals surface area contributed by atoms with Crippen LogP contribution in [-0.2, 0) is 24.7 Å². The Bertz CT molecular complexity index is 799. The van der Waals surface area contributed by atoms with Gasteiger partial charge in [-0.2, -0.15) is 0 Å². The average Bonchev–Trinajstić information content (AvgIpc) is 2.91. The molecule has 8 heteroatoms. The second-order valence-electron chi connectivity index (χ2n) is 7.77. The molecule has 156 valence electrons. The zero-order chi connectivity index (χ0) is 21.0. The van der Waals surface area contributed by atoms with E-state index < -0.39 is 30.0 Å². The molecule has 8 nitrogen and oxygen atoms in total. The maximum Gasteiger partial charge on any atom is 0.326 e. The highest BCUT2D eigenvalue weighted by atomic mass is 16.5. The number of nitrogens with zero attached hydrogens (tertiary/aromatic N) is 2. The van der Waals surface area contributed by atoms with E-state index in [-0.39, 0.29) is 12.5 Å². The fourth-order valence-electron chi connectivity index (χ4n) is 3.65. The molecule has 29 heavy (non-hydrogen) atoms. The molecular formula is C21H27N3O5. The van der Waals surface area contributed by atoms with Crippen LogP contribution in [0, 0.1) is 6.92 Å². The standard InChI is InChI=1S/C21H27N3O5/c1-15-7-9-16(10-8-15)21(2)19(27)24(20(28)22-21)13-18(26)29-14-17(25)23-11-5-3-4-6-12-23/h7-10H,3-6,11-14H2,1-2H3,(H,22,28)/t21-/m0/s1. The summed E-state index contributed by atoms with van der Waals surface area (Å²) in [7, 11) is 0. The Morgan fingerprint density at radius 1 is 1.07 bits per heavy atom. The lowest BCUT2D eigenvalue weighted by molar-refractivity contribution is -0.153. The first-order valence-corrected chi connectivity index (χ1v) is 9.96. The number of carbonyl (C=O) groups excluding carboxylic acids is 4. The number of nitrogens with one attached hydrogen (secondary N) is 1. The number of carbonyl (C=O) groups is 4. The average molecular weight is 401 g/mol. The Kier molecular flexibility index (Phi) is 6.20. The molecule has 0 aliphatic carbocycles. The highest BCUT2D eigenvalue weighted by Gasteiger charge is 2.49. The van der Waals surface area contributed by atoms with E-state index in [2.05, 4.69) is 5.32 Å². The zero-order valence-corrected chi connectivity index (χ0v) is 16.9. The summed E-state index contributed by atoms with van der Waals surface area (Å²) in [6.45, 7) is 3.95. The van der Waals surface area contributed by atoms with Gasteiger partial charge in [0, 0.05) is 13.1 Å². The summed E-state index contributed by atoms with van der Waals surface area (Å²) in [5.74, 6) is -1.56. The number of imide groups is 1. The zero-order valence-electron chi connectivity index (χ0n) is 16.9. The highest BCUT2D eigenvalue weighted by Crippen LogP contribution is 2.28. The van der Waals surface area contributed by atoms with E-state index in [1.807, 2.05) is 19.1 Å². The van der Waals surface area contributed by atoms with Crippen LogP contribution < -0.4 is 5.32 Å². The number of hydrogen-bond donors (Lipinski definition) is 1. The molecule has 1 atom stereocenters. The fraction of sp³-hybridized carbons (Fsp3) is 0.524. The molecule has 2 fully saturated rings. The van der Waals surface area contributed by atoms with Crippen LogP contribution in [0.25, 0.3) is 0 Å². The van der Waals surface area contributed by atoms with Crippen molar-refractivity contribution in [2.75, 3.05) is 26.2 Å². The first-order valence-electron chi connectivity index (χ1n) is 9.96. The van der Waals surface area contributed by atoms with Gasteiger partial charge in [0.25, 0.3) is 11.8 Å². The van der Waals surface area contributed by atoms with Gasteiger partial charge >= 0.3 is 12.0 Å². The number of esters is 1. The summed E-state index contributed by atoms with van der Waals surface area (Å²) in [4.78, 5) is 52.1. The molecule has 3 rings (SSSR count). The van der Waals surface area contributed by atoms with Crippen LogP contribution in [0.3, 0.4) is 0 Å². The Morgan fingerprint density at radius 2 is 1.69 bits per heavy atom. The third kappa shape index (κ3) is 4.58. The van der Waals surface area contributed by atoms with Gasteiger partial charge in [-0.3, -0.25) is 19.3 Å². The largest absolute Gasteiger partial charge is 0.454 e. The summed E-state index contributed by atoms with van der Waals surface area (Å²) >= 11 is 0. The number of ether oxygens (including phenoxy) is 1. The maximum absolute atomic E-state index is 12.8. The lowest BCUT2D eigenvalue weighted by atomic mass is 9.91. The van der Waals surface area contributed by atoms with Crippen LogP contribution in [0.2, 0.25) is 0 Å². The van der Waals surface area contributed by atoms with Gasteiger partial charge in [0.2, 0.25) is 0 Å². The van der Waals surface area contributed by atoms with Crippen molar-refractivity contribution in [1.82, 2.24) is 15.1 Å². The van der Waals surface area contributed by atoms with Gasteiger partial charge in [-0.15, -0.1) is 0 Å². The molecule has 4 amide bonds. The first kappa shape index (κ1) is 20.8. The monoisotopic (exact) mass is 401 g/mol. The molecule has 0 aromatic heterocycles. The van der Waals surface area contributed by atoms with E-state index in [0.29, 0.717) is 18.7 Å². The first-order chi connectivity index (χ1) is 13.8. The van der Waals surface area contributed by atoms with E-state index in [9.17, 15) is 19.2 Å². The molecule has 1 aromatic carbocycles. The van der Waals surface area contributed by atoms with E-state index in [1.165, 1.54) is 0 Å². The SMILES string of the molecule is Cc1ccc([C@]2(C)NC(=O)N(CC(=O)OCC(=O)N3CCCCCC3)C2=O)cc1. The second-order valence-corrected chi connectivity index (χ2v) is 7.77. The van der Waals surface area contributed by atoms with E-state index in [1.54, 1.807) is 24.0 Å². The van der Waals surface area contributed by atoms with Crippen molar-refractivity contribution in [2.45, 2.75) is 45.1 Å². The van der Waals surface area contributed by atoms with Gasteiger partial charge in [0.15, 0.2) is 6.61 Å². The lowest BCUT2D eigenvalue weighted by Crippen LogP contribution is -2.42. The van der Waals surface area contributed by atoms with Gasteiger partial charge in [0.1, 0.15) is 12.1 Å². The van der Waals surface area contributed by atoms with Crippen molar-refractivity contribution in [3.8, 4) is 0 Å². The summed E-state index contributed by atoms with van der Waals surface area (Å²) in [5.41, 5.74) is 0.421. The van der Waals surface area contributed by atoms with Crippen molar-refractivity contribution in [1.29, 1.82) is 0 Å². The number of rotatable bonds is 5. The minimum atomic E-state index is -1.24. The molecule has 1 N–H and O–H groups in total. The number of benzene rings is 1. The van der Waals surface area contributed by atoms with Crippen LogP contribution in [0.1, 0.15) is 43.7 Å². The number of amides is 4. The fourth-order valence-corrected chi connectivity index (χ4v) is 3.65. The Balaban J connectivity index is 1.57. The van der Waals surface area contributed by atoms with Gasteiger partial charge < -0.3 is 15.0 Å². The van der Waals surface area contributed by atoms with Crippen molar-refractivity contribution in [3.05, 3.63) is 35.4 Å². The van der Waals surface area contributed by atoms with Crippen molar-refractivity contribution in [2.24, 2.45) is 0 Å². The second kappa shape index (κ2) is 8.63. The minimum absolute atomic E-state index is 0.248. The Morgan fingerprint density at radius 3 is 2.31 bits per heavy atom. The predicted octanol–water partition coefficient (Wildman–Crippen LogP) is 1.71. The van der Waals surface area contributed by atoms with Gasteiger partial charge in [-0.25, -0.2) is 4.79 Å². The Hall–Kier alpha value is -2.90. The number of urea groups is 1. The number of aryl methyl sites for hydroxylation is 1. The van der Waals surface area contributed by atoms with Crippen LogP contribution in [-0.4, -0.2) is 59.9 Å². The molecule has 2 aliphatic heterocycles. The third-order valence-corrected chi connectivity index (χ3v) is 5.51. The molecule has 0 saturated carbocycles. The number of likely N-dealkylation sites (tertiary alicyclic amines) is 1. The van der Waals surface area contributed by atoms with Crippen LogP contribution in [0.15, 0.2) is 24.3 Å². The molecular weight excluding hydrogens is 374 g/mol. The summed E-state index contributed by atoms with van der Waals surface area (Å²) < 4.78 is 5.04. The molecule has 2 aliphatic rings. The molecule has 2 heterocycles. The summed E-state index contributed by atoms with van der Waals surface area (Å²) in [6, 6.07) is 6.59. The van der Waals surface area contributed by atoms with Crippen LogP contribution >= 0.6 is 0 Å². The maximum atomic E-state index is 12.8. The third-order valence-electron chi connectivity index (χ3n) is 5.51.